The van der Waals surface area contributed by atoms with Crippen molar-refractivity contribution in [2.45, 2.75) is 39.1 Å². The van der Waals surface area contributed by atoms with Crippen molar-refractivity contribution in [2.24, 2.45) is 0 Å². The highest BCUT2D eigenvalue weighted by Crippen LogP contribution is 2.32. The second-order valence-electron chi connectivity index (χ2n) is 8.19. The molecule has 0 atom stereocenters. The highest BCUT2D eigenvalue weighted by Gasteiger charge is 2.31. The van der Waals surface area contributed by atoms with Gasteiger partial charge in [-0.15, -0.1) is 0 Å². The largest absolute Gasteiger partial charge is 0.467 e. The zero-order valence-electron chi connectivity index (χ0n) is 18.0. The molecule has 0 aliphatic carbocycles. The summed E-state index contributed by atoms with van der Waals surface area (Å²) in [6.45, 7) is 4.89. The molecule has 0 radical (unpaired) electrons. The maximum atomic E-state index is 13.1. The lowest BCUT2D eigenvalue weighted by Gasteiger charge is -2.24. The molecule has 0 saturated heterocycles. The van der Waals surface area contributed by atoms with Gasteiger partial charge in [0.25, 0.3) is 0 Å². The Bertz CT molecular complexity index is 1110. The topological polar surface area (TPSA) is 89.6 Å². The number of ether oxygens (including phenoxy) is 1. The van der Waals surface area contributed by atoms with E-state index in [2.05, 4.69) is 10.3 Å². The zero-order valence-corrected chi connectivity index (χ0v) is 18.0. The molecule has 11 heteroatoms. The fourth-order valence-corrected chi connectivity index (χ4v) is 2.90. The van der Waals surface area contributed by atoms with E-state index in [1.807, 2.05) is 0 Å². The zero-order chi connectivity index (χ0) is 23.7. The summed E-state index contributed by atoms with van der Waals surface area (Å²) < 4.78 is 51.4. The van der Waals surface area contributed by atoms with Crippen molar-refractivity contribution in [3.8, 4) is 0 Å². The molecule has 3 aromatic rings. The third-order valence-corrected chi connectivity index (χ3v) is 4.31. The quantitative estimate of drug-likeness (QED) is 0.616. The van der Waals surface area contributed by atoms with E-state index < -0.39 is 29.3 Å². The number of nitrogens with one attached hydrogen (secondary N) is 1. The number of hydrogen-bond donors (Lipinski definition) is 1. The van der Waals surface area contributed by atoms with Gasteiger partial charge in [-0.05, 0) is 51.1 Å². The summed E-state index contributed by atoms with van der Waals surface area (Å²) in [6.07, 6.45) is -3.76. The molecule has 2 aromatic heterocycles. The van der Waals surface area contributed by atoms with Gasteiger partial charge >= 0.3 is 12.3 Å². The van der Waals surface area contributed by atoms with Crippen molar-refractivity contribution in [3.05, 3.63) is 47.9 Å². The van der Waals surface area contributed by atoms with Crippen LogP contribution in [0.25, 0.3) is 11.0 Å². The second-order valence-corrected chi connectivity index (χ2v) is 8.19. The number of benzene rings is 1. The van der Waals surface area contributed by atoms with E-state index in [-0.39, 0.29) is 24.6 Å². The molecule has 0 saturated carbocycles. The predicted octanol–water partition coefficient (Wildman–Crippen LogP) is 4.50. The van der Waals surface area contributed by atoms with Crippen molar-refractivity contribution in [1.29, 1.82) is 0 Å². The van der Waals surface area contributed by atoms with E-state index in [0.29, 0.717) is 11.3 Å². The van der Waals surface area contributed by atoms with Crippen molar-refractivity contribution in [3.63, 3.8) is 0 Å². The number of rotatable bonds is 5. The molecule has 0 aliphatic heterocycles. The number of furan rings is 1. The minimum absolute atomic E-state index is 0.0262. The molecule has 1 aromatic carbocycles. The third kappa shape index (κ3) is 5.59. The Morgan fingerprint density at radius 3 is 2.53 bits per heavy atom. The van der Waals surface area contributed by atoms with Gasteiger partial charge in [0.05, 0.1) is 29.4 Å². The van der Waals surface area contributed by atoms with Crippen LogP contribution in [0, 0.1) is 0 Å². The first-order chi connectivity index (χ1) is 14.8. The highest BCUT2D eigenvalue weighted by molar-refractivity contribution is 5.94. The van der Waals surface area contributed by atoms with Crippen LogP contribution >= 0.6 is 0 Å². The Hall–Kier alpha value is -3.50. The number of imidazole rings is 1. The normalized spacial score (nSPS) is 12.1. The van der Waals surface area contributed by atoms with Crippen LogP contribution < -0.4 is 5.32 Å². The number of aromatic nitrogens is 2. The predicted molar refractivity (Wildman–Crippen MR) is 110 cm³/mol. The number of amides is 2. The molecule has 2 amide bonds. The molecular formula is C21H23F3N4O4. The maximum absolute atomic E-state index is 13.1. The van der Waals surface area contributed by atoms with Gasteiger partial charge in [-0.1, -0.05) is 0 Å². The minimum atomic E-state index is -4.53. The third-order valence-electron chi connectivity index (χ3n) is 4.31. The number of hydrogen-bond acceptors (Lipinski definition) is 5. The van der Waals surface area contributed by atoms with Crippen LogP contribution in [0.2, 0.25) is 0 Å². The van der Waals surface area contributed by atoms with Gasteiger partial charge in [-0.3, -0.25) is 10.1 Å². The molecular weight excluding hydrogens is 429 g/mol. The molecule has 2 heterocycles. The van der Waals surface area contributed by atoms with E-state index in [9.17, 15) is 22.8 Å². The molecule has 0 unspecified atom stereocenters. The Morgan fingerprint density at radius 2 is 1.94 bits per heavy atom. The molecule has 1 N–H and O–H groups in total. The van der Waals surface area contributed by atoms with Crippen LogP contribution in [0.4, 0.5) is 23.9 Å². The molecule has 0 spiro atoms. The Balaban J connectivity index is 1.87. The summed E-state index contributed by atoms with van der Waals surface area (Å²) >= 11 is 0. The van der Waals surface area contributed by atoms with E-state index in [1.54, 1.807) is 32.9 Å². The fourth-order valence-electron chi connectivity index (χ4n) is 2.90. The first kappa shape index (κ1) is 23.2. The number of likely N-dealkylation sites (N-methyl/N-ethyl adjacent to an activating group) is 1. The Labute approximate surface area is 181 Å². The van der Waals surface area contributed by atoms with Gasteiger partial charge in [0, 0.05) is 7.05 Å². The van der Waals surface area contributed by atoms with E-state index in [0.717, 1.165) is 17.0 Å². The number of halogens is 3. The van der Waals surface area contributed by atoms with Crippen LogP contribution in [0.15, 0.2) is 41.0 Å². The summed E-state index contributed by atoms with van der Waals surface area (Å²) in [5.41, 5.74) is -1.14. The first-order valence-corrected chi connectivity index (χ1v) is 9.67. The van der Waals surface area contributed by atoms with Crippen molar-refractivity contribution < 1.29 is 31.9 Å². The van der Waals surface area contributed by atoms with E-state index >= 15 is 0 Å². The molecule has 3 rings (SSSR count). The van der Waals surface area contributed by atoms with Crippen LogP contribution in [-0.4, -0.2) is 45.6 Å². The molecule has 32 heavy (non-hydrogen) atoms. The second kappa shape index (κ2) is 8.56. The van der Waals surface area contributed by atoms with Crippen molar-refractivity contribution in [2.75, 3.05) is 18.9 Å². The molecule has 172 valence electrons. The molecule has 8 nitrogen and oxygen atoms in total. The molecule has 0 bridgehead atoms. The van der Waals surface area contributed by atoms with E-state index in [1.165, 1.54) is 23.9 Å². The maximum Gasteiger partial charge on any atom is 0.416 e. The van der Waals surface area contributed by atoms with Gasteiger partial charge in [-0.25, -0.2) is 9.78 Å². The van der Waals surface area contributed by atoms with E-state index in [4.69, 9.17) is 9.15 Å². The molecule has 0 aliphatic rings. The lowest BCUT2D eigenvalue weighted by molar-refractivity contribution is -0.137. The minimum Gasteiger partial charge on any atom is -0.467 e. The number of carbonyl (C=O) groups is 2. The van der Waals surface area contributed by atoms with Crippen LogP contribution in [0.5, 0.6) is 0 Å². The smallest absolute Gasteiger partial charge is 0.416 e. The Kier molecular flexibility index (Phi) is 6.20. The fraction of sp³-hybridized carbons (Fsp3) is 0.381. The average molecular weight is 452 g/mol. The summed E-state index contributed by atoms with van der Waals surface area (Å²) in [5, 5.41) is 2.56. The standard InChI is InChI=1S/C21H23F3N4O4/c1-20(2,3)32-19(30)27(4)12-17(29)26-18-25-15-10-13(21(22,23)24)7-8-16(15)28(18)11-14-6-5-9-31-14/h5-10H,11-12H2,1-4H3,(H,25,26,29). The lowest BCUT2D eigenvalue weighted by atomic mass is 10.2. The van der Waals surface area contributed by atoms with Crippen LogP contribution in [-0.2, 0) is 22.3 Å². The summed E-state index contributed by atoms with van der Waals surface area (Å²) in [6, 6.07) is 6.51. The number of carbonyl (C=O) groups excluding carboxylic acids is 2. The number of fused-ring (bicyclic) bond motifs is 1. The van der Waals surface area contributed by atoms with Crippen molar-refractivity contribution in [1.82, 2.24) is 14.5 Å². The SMILES string of the molecule is CN(CC(=O)Nc1nc2cc(C(F)(F)F)ccc2n1Cc1ccco1)C(=O)OC(C)(C)C. The summed E-state index contributed by atoms with van der Waals surface area (Å²) in [4.78, 5) is 29.9. The average Bonchev–Trinajstić information content (AvgIpc) is 3.27. The van der Waals surface area contributed by atoms with Gasteiger partial charge in [-0.2, -0.15) is 13.2 Å². The monoisotopic (exact) mass is 452 g/mol. The van der Waals surface area contributed by atoms with Crippen LogP contribution in [0.3, 0.4) is 0 Å². The van der Waals surface area contributed by atoms with Gasteiger partial charge in [0.1, 0.15) is 17.9 Å². The first-order valence-electron chi connectivity index (χ1n) is 9.67. The van der Waals surface area contributed by atoms with Gasteiger partial charge in [0.2, 0.25) is 11.9 Å². The highest BCUT2D eigenvalue weighted by atomic mass is 19.4. The number of nitrogens with zero attached hydrogens (tertiary/aromatic N) is 3. The lowest BCUT2D eigenvalue weighted by Crippen LogP contribution is -2.39. The molecule has 0 fully saturated rings. The van der Waals surface area contributed by atoms with Gasteiger partial charge in [0.15, 0.2) is 0 Å². The van der Waals surface area contributed by atoms with Crippen LogP contribution in [0.1, 0.15) is 32.1 Å². The number of alkyl halides is 3. The van der Waals surface area contributed by atoms with Crippen molar-refractivity contribution >= 4 is 29.0 Å². The Morgan fingerprint density at radius 1 is 1.22 bits per heavy atom. The van der Waals surface area contributed by atoms with Gasteiger partial charge < -0.3 is 18.6 Å². The number of anilines is 1. The summed E-state index contributed by atoms with van der Waals surface area (Å²) in [7, 11) is 1.40. The summed E-state index contributed by atoms with van der Waals surface area (Å²) in [5.74, 6) is -0.0470.